The van der Waals surface area contributed by atoms with Crippen LogP contribution >= 0.6 is 0 Å². The number of anilines is 1. The molecule has 122 valence electrons. The van der Waals surface area contributed by atoms with Gasteiger partial charge in [0.2, 0.25) is 5.91 Å². The normalized spacial score (nSPS) is 14.0. The first-order valence-electron chi connectivity index (χ1n) is 6.93. The van der Waals surface area contributed by atoms with E-state index >= 15 is 0 Å². The quantitative estimate of drug-likeness (QED) is 0.627. The fraction of sp³-hybridized carbons (Fsp3) is 0.125. The van der Waals surface area contributed by atoms with Crippen molar-refractivity contribution in [3.05, 3.63) is 69.3 Å². The molecule has 2 aromatic rings. The second-order valence-electron chi connectivity index (χ2n) is 5.20. The van der Waals surface area contributed by atoms with Gasteiger partial charge in [0.25, 0.3) is 5.69 Å². The summed E-state index contributed by atoms with van der Waals surface area (Å²) >= 11 is 0. The van der Waals surface area contributed by atoms with Crippen LogP contribution in [0.2, 0.25) is 0 Å². The van der Waals surface area contributed by atoms with E-state index in [1.807, 2.05) is 0 Å². The molecule has 1 aliphatic rings. The smallest absolute Gasteiger partial charge is 0.270 e. The van der Waals surface area contributed by atoms with Gasteiger partial charge in [-0.2, -0.15) is 0 Å². The minimum atomic E-state index is -0.858. The van der Waals surface area contributed by atoms with Crippen LogP contribution in [0.4, 0.5) is 20.2 Å². The first-order valence-corrected chi connectivity index (χ1v) is 6.93. The number of benzene rings is 2. The average molecular weight is 330 g/mol. The Bertz CT molecular complexity index is 896. The molecule has 0 N–H and O–H groups in total. The molecule has 0 saturated carbocycles. The first kappa shape index (κ1) is 15.7. The molecule has 1 amide bonds. The largest absolute Gasteiger partial charge is 0.313 e. The summed E-state index contributed by atoms with van der Waals surface area (Å²) in [4.78, 5) is 27.9. The molecule has 1 aliphatic heterocycles. The number of fused-ring (bicyclic) bond motifs is 1. The van der Waals surface area contributed by atoms with Crippen LogP contribution in [0.15, 0.2) is 41.4 Å². The van der Waals surface area contributed by atoms with Crippen molar-refractivity contribution in [3.8, 4) is 0 Å². The average Bonchev–Trinajstić information content (AvgIpc) is 2.66. The van der Waals surface area contributed by atoms with Gasteiger partial charge in [0.05, 0.1) is 16.3 Å². The summed E-state index contributed by atoms with van der Waals surface area (Å²) in [5.41, 5.74) is 0.436. The number of aliphatic imine (C=N–C) groups is 1. The number of hydrogen-bond acceptors (Lipinski definition) is 4. The van der Waals surface area contributed by atoms with E-state index in [1.54, 1.807) is 0 Å². The summed E-state index contributed by atoms with van der Waals surface area (Å²) in [5.74, 6) is -1.95. The third-order valence-electron chi connectivity index (χ3n) is 3.74. The minimum Gasteiger partial charge on any atom is -0.313 e. The van der Waals surface area contributed by atoms with Crippen LogP contribution in [-0.2, 0) is 4.79 Å². The standard InChI is InChI=1S/C16H11F2N3O3/c1-20-14-5-3-10(21(23)24)7-12(14)16(19-8-15(20)22)11-4-2-9(17)6-13(11)18/h2-7H,8H2,1H3/i17-1. The zero-order chi connectivity index (χ0) is 17.4. The molecule has 6 nitrogen and oxygen atoms in total. The number of halogens is 2. The van der Waals surface area contributed by atoms with Crippen LogP contribution in [0, 0.1) is 21.7 Å². The van der Waals surface area contributed by atoms with Crippen molar-refractivity contribution in [2.45, 2.75) is 0 Å². The molecule has 24 heavy (non-hydrogen) atoms. The second kappa shape index (κ2) is 5.80. The Balaban J connectivity index is 2.27. The number of nitro benzene ring substituents is 1. The van der Waals surface area contributed by atoms with Crippen LogP contribution < -0.4 is 4.90 Å². The van der Waals surface area contributed by atoms with Gasteiger partial charge in [0, 0.05) is 36.4 Å². The topological polar surface area (TPSA) is 75.8 Å². The molecule has 1 heterocycles. The van der Waals surface area contributed by atoms with E-state index < -0.39 is 16.6 Å². The van der Waals surface area contributed by atoms with Crippen LogP contribution in [0.25, 0.3) is 0 Å². The Morgan fingerprint density at radius 3 is 2.58 bits per heavy atom. The van der Waals surface area contributed by atoms with E-state index in [0.717, 1.165) is 6.07 Å². The number of benzodiazepines with no additional fused rings is 1. The van der Waals surface area contributed by atoms with Crippen LogP contribution in [0.1, 0.15) is 11.1 Å². The maximum Gasteiger partial charge on any atom is 0.270 e. The SMILES string of the molecule is CN1C(=O)CN=C(c2ccc([18F])cc2F)c2cc([N+](=O)[O-])ccc21. The van der Waals surface area contributed by atoms with Gasteiger partial charge in [-0.15, -0.1) is 0 Å². The van der Waals surface area contributed by atoms with Gasteiger partial charge in [-0.3, -0.25) is 19.9 Å². The lowest BCUT2D eigenvalue weighted by Crippen LogP contribution is -2.27. The predicted molar refractivity (Wildman–Crippen MR) is 83.4 cm³/mol. The highest BCUT2D eigenvalue weighted by Gasteiger charge is 2.26. The van der Waals surface area contributed by atoms with E-state index in [9.17, 15) is 23.7 Å². The van der Waals surface area contributed by atoms with Gasteiger partial charge in [-0.1, -0.05) is 0 Å². The number of rotatable bonds is 2. The highest BCUT2D eigenvalue weighted by molar-refractivity contribution is 6.19. The highest BCUT2D eigenvalue weighted by Crippen LogP contribution is 2.30. The van der Waals surface area contributed by atoms with E-state index in [-0.39, 0.29) is 35.0 Å². The molecule has 0 aromatic heterocycles. The summed E-state index contributed by atoms with van der Waals surface area (Å²) < 4.78 is 27.3. The molecule has 3 rings (SSSR count). The summed E-state index contributed by atoms with van der Waals surface area (Å²) in [5, 5.41) is 11.0. The van der Waals surface area contributed by atoms with Gasteiger partial charge in [-0.25, -0.2) is 8.78 Å². The van der Waals surface area contributed by atoms with Crippen molar-refractivity contribution in [3.63, 3.8) is 0 Å². The molecule has 0 unspecified atom stereocenters. The van der Waals surface area contributed by atoms with Crippen LogP contribution in [0.5, 0.6) is 0 Å². The van der Waals surface area contributed by atoms with Crippen LogP contribution in [0.3, 0.4) is 0 Å². The van der Waals surface area contributed by atoms with E-state index in [4.69, 9.17) is 0 Å². The molecular weight excluding hydrogens is 319 g/mol. The molecule has 0 fully saturated rings. The summed E-state index contributed by atoms with van der Waals surface area (Å²) in [6.45, 7) is -0.245. The number of likely N-dealkylation sites (N-methyl/N-ethyl adjacent to an activating group) is 1. The fourth-order valence-corrected chi connectivity index (χ4v) is 2.50. The molecule has 0 bridgehead atoms. The third-order valence-corrected chi connectivity index (χ3v) is 3.74. The molecule has 0 saturated heterocycles. The Kier molecular flexibility index (Phi) is 3.80. The molecule has 0 aliphatic carbocycles. The molecule has 0 spiro atoms. The van der Waals surface area contributed by atoms with Crippen molar-refractivity contribution in [1.82, 2.24) is 0 Å². The lowest BCUT2D eigenvalue weighted by atomic mass is 9.99. The molecule has 2 aromatic carbocycles. The van der Waals surface area contributed by atoms with Gasteiger partial charge >= 0.3 is 0 Å². The number of amides is 1. The lowest BCUT2D eigenvalue weighted by molar-refractivity contribution is -0.384. The van der Waals surface area contributed by atoms with E-state index in [0.29, 0.717) is 11.8 Å². The monoisotopic (exact) mass is 330 g/mol. The number of nitro groups is 1. The zero-order valence-electron chi connectivity index (χ0n) is 12.5. The van der Waals surface area contributed by atoms with Crippen molar-refractivity contribution in [2.75, 3.05) is 18.5 Å². The maximum atomic E-state index is 14.2. The Morgan fingerprint density at radius 1 is 1.17 bits per heavy atom. The van der Waals surface area contributed by atoms with Gasteiger partial charge in [0.1, 0.15) is 18.2 Å². The second-order valence-corrected chi connectivity index (χ2v) is 5.20. The molecule has 8 heteroatoms. The predicted octanol–water partition coefficient (Wildman–Crippen LogP) is 2.69. The first-order chi connectivity index (χ1) is 11.4. The van der Waals surface area contributed by atoms with Crippen LogP contribution in [-0.4, -0.2) is 30.1 Å². The number of carbonyl (C=O) groups is 1. The molecular formula is C16H11F2N3O3. The summed E-state index contributed by atoms with van der Waals surface area (Å²) in [6.07, 6.45) is 0. The van der Waals surface area contributed by atoms with Gasteiger partial charge in [0.15, 0.2) is 0 Å². The Labute approximate surface area is 135 Å². The van der Waals surface area contributed by atoms with Gasteiger partial charge < -0.3 is 4.90 Å². The maximum absolute atomic E-state index is 14.2. The Morgan fingerprint density at radius 2 is 1.92 bits per heavy atom. The van der Waals surface area contributed by atoms with Crippen molar-refractivity contribution >= 4 is 23.0 Å². The number of hydrogen-bond donors (Lipinski definition) is 0. The third kappa shape index (κ3) is 2.62. The number of carbonyl (C=O) groups excluding carboxylic acids is 1. The lowest BCUT2D eigenvalue weighted by Gasteiger charge is -2.17. The summed E-state index contributed by atoms with van der Waals surface area (Å²) in [6, 6.07) is 6.86. The molecule has 0 radical (unpaired) electrons. The zero-order valence-corrected chi connectivity index (χ0v) is 12.5. The number of non-ortho nitro benzene ring substituents is 1. The fourth-order valence-electron chi connectivity index (χ4n) is 2.50. The Hall–Kier alpha value is -3.16. The van der Waals surface area contributed by atoms with Crippen molar-refractivity contribution in [2.24, 2.45) is 4.99 Å². The number of nitrogens with zero attached hydrogens (tertiary/aromatic N) is 3. The highest BCUT2D eigenvalue weighted by atomic mass is 19.1. The van der Waals surface area contributed by atoms with E-state index in [1.165, 1.54) is 36.2 Å². The minimum absolute atomic E-state index is 0.0266. The van der Waals surface area contributed by atoms with Crippen molar-refractivity contribution < 1.29 is 18.5 Å². The van der Waals surface area contributed by atoms with Gasteiger partial charge in [-0.05, 0) is 18.2 Å². The van der Waals surface area contributed by atoms with E-state index in [2.05, 4.69) is 4.99 Å². The summed E-state index contributed by atoms with van der Waals surface area (Å²) in [7, 11) is 1.51. The van der Waals surface area contributed by atoms with Crippen molar-refractivity contribution in [1.29, 1.82) is 0 Å². The molecule has 0 atom stereocenters.